The molecule has 1 aliphatic heterocycles. The first-order chi connectivity index (χ1) is 22.4. The number of aliphatic hydroxyl groups is 1. The summed E-state index contributed by atoms with van der Waals surface area (Å²) in [5.41, 5.74) is 5.61. The van der Waals surface area contributed by atoms with Crippen LogP contribution in [0.3, 0.4) is 0 Å². The zero-order valence-corrected chi connectivity index (χ0v) is 27.2. The molecule has 5 aromatic rings. The molecule has 236 valence electrons. The first-order valence-corrected chi connectivity index (χ1v) is 17.8. The highest BCUT2D eigenvalue weighted by molar-refractivity contribution is 7.99. The highest BCUT2D eigenvalue weighted by Gasteiger charge is 2.38. The highest BCUT2D eigenvalue weighted by Crippen LogP contribution is 2.43. The number of hydrogen-bond acceptors (Lipinski definition) is 6. The van der Waals surface area contributed by atoms with Crippen LogP contribution < -0.4 is 4.72 Å². The lowest BCUT2D eigenvalue weighted by atomic mass is 9.91. The van der Waals surface area contributed by atoms with Gasteiger partial charge in [-0.15, -0.1) is 11.8 Å². The van der Waals surface area contributed by atoms with Gasteiger partial charge in [0.1, 0.15) is 0 Å². The topological polar surface area (TPSA) is 84.9 Å². The van der Waals surface area contributed by atoms with Crippen LogP contribution in [-0.2, 0) is 32.6 Å². The minimum atomic E-state index is -3.64. The lowest BCUT2D eigenvalue weighted by Crippen LogP contribution is -2.38. The van der Waals surface area contributed by atoms with Crippen LogP contribution in [0.15, 0.2) is 143 Å². The van der Waals surface area contributed by atoms with Gasteiger partial charge in [0, 0.05) is 28.7 Å². The van der Waals surface area contributed by atoms with E-state index in [2.05, 4.69) is 23.8 Å². The Morgan fingerprint density at radius 3 is 2.07 bits per heavy atom. The maximum atomic E-state index is 12.9. The fourth-order valence-electron chi connectivity index (χ4n) is 5.64. The van der Waals surface area contributed by atoms with E-state index in [1.54, 1.807) is 42.1 Å². The molecule has 2 N–H and O–H groups in total. The number of thioether (sulfide) groups is 1. The lowest BCUT2D eigenvalue weighted by Gasteiger charge is -2.41. The number of sulfonamides is 1. The Kier molecular flexibility index (Phi) is 10.3. The molecule has 0 unspecified atom stereocenters. The molecule has 6 nitrogen and oxygen atoms in total. The van der Waals surface area contributed by atoms with Gasteiger partial charge in [-0.3, -0.25) is 0 Å². The Bertz CT molecular complexity index is 1820. The predicted molar refractivity (Wildman–Crippen MR) is 182 cm³/mol. The van der Waals surface area contributed by atoms with Gasteiger partial charge in [0.15, 0.2) is 6.29 Å². The summed E-state index contributed by atoms with van der Waals surface area (Å²) in [6.07, 6.45) is -0.822. The number of ether oxygens (including phenoxy) is 2. The second kappa shape index (κ2) is 14.8. The van der Waals surface area contributed by atoms with E-state index in [1.807, 2.05) is 91.0 Å². The number of aliphatic hydroxyl groups excluding tert-OH is 1. The molecule has 46 heavy (non-hydrogen) atoms. The molecule has 1 saturated heterocycles. The third-order valence-electron chi connectivity index (χ3n) is 8.30. The average Bonchev–Trinajstić information content (AvgIpc) is 3.11. The van der Waals surface area contributed by atoms with Crippen LogP contribution in [0.1, 0.15) is 41.6 Å². The van der Waals surface area contributed by atoms with Crippen molar-refractivity contribution in [3.05, 3.63) is 156 Å². The molecule has 0 aromatic heterocycles. The fraction of sp³-hybridized carbons (Fsp3) is 0.211. The summed E-state index contributed by atoms with van der Waals surface area (Å²) in [6.45, 7) is 2.33. The summed E-state index contributed by atoms with van der Waals surface area (Å²) in [6, 6.07) is 42.6. The van der Waals surface area contributed by atoms with Gasteiger partial charge in [-0.25, -0.2) is 13.1 Å². The third kappa shape index (κ3) is 7.61. The molecule has 1 heterocycles. The van der Waals surface area contributed by atoms with Crippen molar-refractivity contribution in [3.63, 3.8) is 0 Å². The van der Waals surface area contributed by atoms with Crippen molar-refractivity contribution in [3.8, 4) is 11.1 Å². The van der Waals surface area contributed by atoms with Gasteiger partial charge in [0.2, 0.25) is 10.0 Å². The van der Waals surface area contributed by atoms with E-state index in [4.69, 9.17) is 9.47 Å². The van der Waals surface area contributed by atoms with Gasteiger partial charge in [-0.2, -0.15) is 0 Å². The monoisotopic (exact) mass is 651 g/mol. The van der Waals surface area contributed by atoms with Gasteiger partial charge in [-0.1, -0.05) is 116 Å². The summed E-state index contributed by atoms with van der Waals surface area (Å²) in [7, 11) is -3.64. The Hall–Kier alpha value is -3.76. The fourth-order valence-corrected chi connectivity index (χ4v) is 7.75. The third-order valence-corrected chi connectivity index (χ3v) is 10.8. The largest absolute Gasteiger partial charge is 0.392 e. The summed E-state index contributed by atoms with van der Waals surface area (Å²) < 4.78 is 41.7. The van der Waals surface area contributed by atoms with E-state index < -0.39 is 16.3 Å². The van der Waals surface area contributed by atoms with Gasteiger partial charge >= 0.3 is 0 Å². The van der Waals surface area contributed by atoms with Crippen LogP contribution in [-0.4, -0.2) is 25.4 Å². The van der Waals surface area contributed by atoms with E-state index in [-0.39, 0.29) is 36.2 Å². The van der Waals surface area contributed by atoms with E-state index in [0.29, 0.717) is 0 Å². The first kappa shape index (κ1) is 32.2. The molecule has 0 saturated carbocycles. The molecular formula is C38H37NO5S2. The molecule has 0 spiro atoms. The van der Waals surface area contributed by atoms with Gasteiger partial charge in [0.05, 0.1) is 23.7 Å². The van der Waals surface area contributed by atoms with Crippen molar-refractivity contribution >= 4 is 21.8 Å². The number of hydrogen-bond donors (Lipinski definition) is 2. The first-order valence-electron chi connectivity index (χ1n) is 15.3. The minimum absolute atomic E-state index is 0.00217. The second-order valence-corrected chi connectivity index (χ2v) is 14.2. The normalized spacial score (nSPS) is 20.0. The zero-order chi connectivity index (χ0) is 31.9. The van der Waals surface area contributed by atoms with Crippen LogP contribution in [0.25, 0.3) is 11.1 Å². The van der Waals surface area contributed by atoms with Crippen molar-refractivity contribution in [2.45, 2.75) is 48.4 Å². The van der Waals surface area contributed by atoms with Gasteiger partial charge in [0.25, 0.3) is 0 Å². The maximum Gasteiger partial charge on any atom is 0.240 e. The standard InChI is InChI=1S/C38H37NO5S2/c1-27-36(26-45-33-11-4-2-5-12-33)43-38(44-37(27)30-18-16-28(25-40)17-19-30)31-22-20-29(21-23-31)35-15-9-8-10-32(35)24-39-46(41,42)34-13-6-3-7-14-34/h2-23,27,36-40H,24-26H2,1H3/t27-,36+,37+,38+/m0/s1. The van der Waals surface area contributed by atoms with E-state index in [0.717, 1.165) is 39.1 Å². The molecule has 0 aliphatic carbocycles. The average molecular weight is 652 g/mol. The molecule has 8 heteroatoms. The van der Waals surface area contributed by atoms with Crippen molar-refractivity contribution in [2.75, 3.05) is 5.75 Å². The Morgan fingerprint density at radius 1 is 0.739 bits per heavy atom. The molecule has 4 atom stereocenters. The lowest BCUT2D eigenvalue weighted by molar-refractivity contribution is -0.268. The van der Waals surface area contributed by atoms with Crippen LogP contribution in [0.2, 0.25) is 0 Å². The van der Waals surface area contributed by atoms with Crippen molar-refractivity contribution in [1.82, 2.24) is 4.72 Å². The minimum Gasteiger partial charge on any atom is -0.392 e. The molecule has 0 bridgehead atoms. The van der Waals surface area contributed by atoms with E-state index in [9.17, 15) is 13.5 Å². The summed E-state index contributed by atoms with van der Waals surface area (Å²) in [5, 5.41) is 9.55. The Balaban J connectivity index is 1.22. The smallest absolute Gasteiger partial charge is 0.240 e. The maximum absolute atomic E-state index is 12.9. The van der Waals surface area contributed by atoms with Crippen LogP contribution in [0.5, 0.6) is 0 Å². The van der Waals surface area contributed by atoms with Crippen LogP contribution >= 0.6 is 11.8 Å². The summed E-state index contributed by atoms with van der Waals surface area (Å²) in [4.78, 5) is 1.43. The molecule has 1 fully saturated rings. The van der Waals surface area contributed by atoms with Crippen molar-refractivity contribution in [1.29, 1.82) is 0 Å². The van der Waals surface area contributed by atoms with Crippen LogP contribution in [0.4, 0.5) is 0 Å². The Morgan fingerprint density at radius 2 is 1.37 bits per heavy atom. The molecule has 0 radical (unpaired) electrons. The summed E-state index contributed by atoms with van der Waals surface area (Å²) >= 11 is 1.77. The van der Waals surface area contributed by atoms with E-state index >= 15 is 0 Å². The molecule has 6 rings (SSSR count). The number of nitrogens with one attached hydrogen (secondary N) is 1. The Labute approximate surface area is 275 Å². The molecule has 0 amide bonds. The zero-order valence-electron chi connectivity index (χ0n) is 25.5. The van der Waals surface area contributed by atoms with Crippen molar-refractivity contribution < 1.29 is 23.0 Å². The number of benzene rings is 5. The quantitative estimate of drug-likeness (QED) is 0.141. The molecule has 5 aromatic carbocycles. The van der Waals surface area contributed by atoms with Crippen molar-refractivity contribution in [2.24, 2.45) is 5.92 Å². The van der Waals surface area contributed by atoms with Gasteiger partial charge in [-0.05, 0) is 52.1 Å². The predicted octanol–water partition coefficient (Wildman–Crippen LogP) is 7.91. The number of rotatable bonds is 11. The molecule has 1 aliphatic rings. The molecular weight excluding hydrogens is 615 g/mol. The highest BCUT2D eigenvalue weighted by atomic mass is 32.2. The van der Waals surface area contributed by atoms with E-state index in [1.165, 1.54) is 4.90 Å². The summed E-state index contributed by atoms with van der Waals surface area (Å²) in [5.74, 6) is 0.874. The van der Waals surface area contributed by atoms with Crippen LogP contribution in [0, 0.1) is 5.92 Å². The van der Waals surface area contributed by atoms with Gasteiger partial charge < -0.3 is 14.6 Å². The second-order valence-electron chi connectivity index (χ2n) is 11.4. The SMILES string of the molecule is C[C@H]1[C@@H](CSc2ccccc2)O[C@@H](c2ccc(-c3ccccc3CNS(=O)(=O)c3ccccc3)cc2)O[C@H]1c1ccc(CO)cc1.